The number of rotatable bonds is 5. The van der Waals surface area contributed by atoms with Crippen molar-refractivity contribution in [2.24, 2.45) is 0 Å². The zero-order valence-corrected chi connectivity index (χ0v) is 14.9. The molecule has 0 spiro atoms. The summed E-state index contributed by atoms with van der Waals surface area (Å²) >= 11 is 3.29. The van der Waals surface area contributed by atoms with Crippen LogP contribution in [0.3, 0.4) is 0 Å². The highest BCUT2D eigenvalue weighted by atomic mass is 79.9. The average Bonchev–Trinajstić information content (AvgIpc) is 2.53. The zero-order chi connectivity index (χ0) is 17.0. The van der Waals surface area contributed by atoms with Crippen molar-refractivity contribution in [2.75, 3.05) is 7.11 Å². The van der Waals surface area contributed by atoms with Crippen LogP contribution in [0.15, 0.2) is 16.6 Å². The van der Waals surface area contributed by atoms with Gasteiger partial charge < -0.3 is 4.74 Å². The first-order chi connectivity index (χ1) is 10.9. The Morgan fingerprint density at radius 2 is 2.04 bits per heavy atom. The van der Waals surface area contributed by atoms with Gasteiger partial charge in [-0.25, -0.2) is 0 Å². The van der Waals surface area contributed by atoms with E-state index in [1.807, 2.05) is 13.0 Å². The lowest BCUT2D eigenvalue weighted by Gasteiger charge is -2.35. The van der Waals surface area contributed by atoms with Crippen molar-refractivity contribution in [3.8, 4) is 0 Å². The van der Waals surface area contributed by atoms with Gasteiger partial charge in [-0.1, -0.05) is 35.2 Å². The van der Waals surface area contributed by atoms with Crippen molar-refractivity contribution in [2.45, 2.75) is 51.1 Å². The van der Waals surface area contributed by atoms with Crippen LogP contribution in [0.2, 0.25) is 0 Å². The number of benzene rings is 1. The molecule has 0 radical (unpaired) electrons. The second-order valence-electron chi connectivity index (χ2n) is 5.97. The number of nitro groups is 1. The van der Waals surface area contributed by atoms with Crippen LogP contribution in [-0.4, -0.2) is 23.5 Å². The molecule has 2 rings (SSSR count). The lowest BCUT2D eigenvalue weighted by Crippen LogP contribution is -2.53. The summed E-state index contributed by atoms with van der Waals surface area (Å²) in [5.74, 6) is -0.283. The van der Waals surface area contributed by atoms with E-state index in [2.05, 4.69) is 21.2 Å². The zero-order valence-electron chi connectivity index (χ0n) is 13.4. The summed E-state index contributed by atoms with van der Waals surface area (Å²) in [6.07, 6.45) is 4.39. The molecular weight excluding hydrogens is 364 g/mol. The molecule has 0 unspecified atom stereocenters. The van der Waals surface area contributed by atoms with Gasteiger partial charge in [0.1, 0.15) is 5.54 Å². The number of carbonyl (C=O) groups is 1. The summed E-state index contributed by atoms with van der Waals surface area (Å²) in [5.41, 5.74) is 0.738. The van der Waals surface area contributed by atoms with E-state index in [0.717, 1.165) is 24.8 Å². The number of hydrogen-bond donors (Lipinski definition) is 1. The molecule has 0 aliphatic heterocycles. The van der Waals surface area contributed by atoms with E-state index in [4.69, 9.17) is 4.74 Å². The third-order valence-electron chi connectivity index (χ3n) is 4.50. The fourth-order valence-corrected chi connectivity index (χ4v) is 3.77. The summed E-state index contributed by atoms with van der Waals surface area (Å²) in [6.45, 7) is 2.10. The number of carbonyl (C=O) groups excluding carboxylic acids is 1. The maximum absolute atomic E-state index is 12.2. The van der Waals surface area contributed by atoms with Gasteiger partial charge in [-0.15, -0.1) is 0 Å². The molecule has 0 aromatic heterocycles. The number of aryl methyl sites for hydroxylation is 1. The predicted octanol–water partition coefficient (Wildman–Crippen LogP) is 3.63. The lowest BCUT2D eigenvalue weighted by molar-refractivity contribution is -0.385. The third-order valence-corrected chi connectivity index (χ3v) is 4.96. The van der Waals surface area contributed by atoms with E-state index in [1.165, 1.54) is 13.2 Å². The van der Waals surface area contributed by atoms with Gasteiger partial charge in [0.25, 0.3) is 5.69 Å². The smallest absolute Gasteiger partial charge is 0.326 e. The number of halogens is 1. The molecule has 0 heterocycles. The largest absolute Gasteiger partial charge is 0.468 e. The van der Waals surface area contributed by atoms with E-state index in [-0.39, 0.29) is 23.1 Å². The van der Waals surface area contributed by atoms with Gasteiger partial charge in [-0.2, -0.15) is 0 Å². The number of nitrogens with one attached hydrogen (secondary N) is 1. The Balaban J connectivity index is 2.28. The minimum atomic E-state index is -0.736. The highest BCUT2D eigenvalue weighted by molar-refractivity contribution is 9.10. The highest BCUT2D eigenvalue weighted by Gasteiger charge is 2.40. The van der Waals surface area contributed by atoms with Crippen LogP contribution in [0, 0.1) is 17.0 Å². The molecule has 126 valence electrons. The minimum absolute atomic E-state index is 0.0557. The van der Waals surface area contributed by atoms with Crippen molar-refractivity contribution in [3.05, 3.63) is 37.8 Å². The van der Waals surface area contributed by atoms with Gasteiger partial charge in [0.05, 0.1) is 12.0 Å². The molecule has 7 heteroatoms. The SMILES string of the molecule is COC(=O)C1(NCc2c(C)cc(Br)cc2[N+](=O)[O-])CCCCC1. The first kappa shape index (κ1) is 17.9. The summed E-state index contributed by atoms with van der Waals surface area (Å²) in [4.78, 5) is 23.2. The van der Waals surface area contributed by atoms with Gasteiger partial charge in [-0.05, 0) is 31.4 Å². The second kappa shape index (κ2) is 7.40. The Morgan fingerprint density at radius 1 is 1.39 bits per heavy atom. The Morgan fingerprint density at radius 3 is 2.61 bits per heavy atom. The van der Waals surface area contributed by atoms with Crippen LogP contribution in [0.25, 0.3) is 0 Å². The van der Waals surface area contributed by atoms with Crippen molar-refractivity contribution < 1.29 is 14.5 Å². The van der Waals surface area contributed by atoms with Crippen molar-refractivity contribution in [3.63, 3.8) is 0 Å². The van der Waals surface area contributed by atoms with Crippen molar-refractivity contribution in [1.82, 2.24) is 5.32 Å². The Kier molecular flexibility index (Phi) is 5.75. The average molecular weight is 385 g/mol. The Labute approximate surface area is 143 Å². The molecule has 0 amide bonds. The lowest BCUT2D eigenvalue weighted by atomic mass is 9.81. The van der Waals surface area contributed by atoms with Gasteiger partial charge in [0, 0.05) is 22.6 Å². The highest BCUT2D eigenvalue weighted by Crippen LogP contribution is 2.32. The van der Waals surface area contributed by atoms with Crippen LogP contribution < -0.4 is 5.32 Å². The van der Waals surface area contributed by atoms with Crippen LogP contribution in [0.1, 0.15) is 43.2 Å². The number of methoxy groups -OCH3 is 1. The topological polar surface area (TPSA) is 81.5 Å². The molecule has 1 aliphatic carbocycles. The monoisotopic (exact) mass is 384 g/mol. The van der Waals surface area contributed by atoms with Crippen LogP contribution in [-0.2, 0) is 16.1 Å². The summed E-state index contributed by atoms with van der Waals surface area (Å²) in [7, 11) is 1.38. The van der Waals surface area contributed by atoms with E-state index >= 15 is 0 Å². The normalized spacial score (nSPS) is 16.8. The van der Waals surface area contributed by atoms with Gasteiger partial charge in [0.15, 0.2) is 0 Å². The molecule has 1 fully saturated rings. The maximum atomic E-state index is 12.2. The second-order valence-corrected chi connectivity index (χ2v) is 6.88. The maximum Gasteiger partial charge on any atom is 0.326 e. The number of ether oxygens (including phenoxy) is 1. The van der Waals surface area contributed by atoms with Crippen molar-refractivity contribution in [1.29, 1.82) is 0 Å². The summed E-state index contributed by atoms with van der Waals surface area (Å²) < 4.78 is 5.64. The van der Waals surface area contributed by atoms with Gasteiger partial charge >= 0.3 is 5.97 Å². The first-order valence-electron chi connectivity index (χ1n) is 7.66. The Bertz CT molecular complexity index is 612. The van der Waals surface area contributed by atoms with Crippen LogP contribution in [0.5, 0.6) is 0 Å². The summed E-state index contributed by atoms with van der Waals surface area (Å²) in [5, 5.41) is 14.6. The van der Waals surface area contributed by atoms with Crippen LogP contribution in [0.4, 0.5) is 5.69 Å². The summed E-state index contributed by atoms with van der Waals surface area (Å²) in [6, 6.07) is 3.34. The van der Waals surface area contributed by atoms with Gasteiger partial charge in [0.2, 0.25) is 0 Å². The quantitative estimate of drug-likeness (QED) is 0.476. The van der Waals surface area contributed by atoms with E-state index in [0.29, 0.717) is 22.9 Å². The number of nitrogens with zero attached hydrogens (tertiary/aromatic N) is 1. The number of nitro benzene ring substituents is 1. The van der Waals surface area contributed by atoms with Crippen molar-refractivity contribution >= 4 is 27.6 Å². The fraction of sp³-hybridized carbons (Fsp3) is 0.562. The fourth-order valence-electron chi connectivity index (χ4n) is 3.21. The van der Waals surface area contributed by atoms with E-state index in [9.17, 15) is 14.9 Å². The molecule has 23 heavy (non-hydrogen) atoms. The molecule has 1 saturated carbocycles. The minimum Gasteiger partial charge on any atom is -0.468 e. The molecule has 0 atom stereocenters. The molecule has 0 bridgehead atoms. The number of hydrogen-bond acceptors (Lipinski definition) is 5. The first-order valence-corrected chi connectivity index (χ1v) is 8.46. The molecule has 6 nitrogen and oxygen atoms in total. The standard InChI is InChI=1S/C16H21BrN2O4/c1-11-8-12(17)9-14(19(21)22)13(11)10-18-16(15(20)23-2)6-4-3-5-7-16/h8-9,18H,3-7,10H2,1-2H3. The Hall–Kier alpha value is -1.47. The molecule has 1 aliphatic rings. The predicted molar refractivity (Wildman–Crippen MR) is 90.2 cm³/mol. The molecule has 1 aromatic carbocycles. The third kappa shape index (κ3) is 3.90. The number of esters is 1. The van der Waals surface area contributed by atoms with Crippen LogP contribution >= 0.6 is 15.9 Å². The molecule has 1 aromatic rings. The van der Waals surface area contributed by atoms with Gasteiger partial charge in [-0.3, -0.25) is 20.2 Å². The molecule has 1 N–H and O–H groups in total. The molecular formula is C16H21BrN2O4. The van der Waals surface area contributed by atoms with E-state index < -0.39 is 5.54 Å². The van der Waals surface area contributed by atoms with E-state index in [1.54, 1.807) is 0 Å². The molecule has 0 saturated heterocycles.